The molecule has 0 radical (unpaired) electrons. The van der Waals surface area contributed by atoms with Gasteiger partial charge in [-0.1, -0.05) is 35.5 Å². The van der Waals surface area contributed by atoms with Crippen molar-refractivity contribution in [2.75, 3.05) is 14.2 Å². The molecule has 0 aromatic heterocycles. The molecular weight excluding hydrogens is 254 g/mol. The number of hydrogen-bond donors (Lipinski definition) is 0. The van der Waals surface area contributed by atoms with Crippen molar-refractivity contribution in [3.05, 3.63) is 59.7 Å². The van der Waals surface area contributed by atoms with E-state index in [2.05, 4.69) is 5.16 Å². The quantitative estimate of drug-likeness (QED) is 0.598. The summed E-state index contributed by atoms with van der Waals surface area (Å²) in [6.45, 7) is 0.440. The zero-order valence-electron chi connectivity index (χ0n) is 11.6. The Balaban J connectivity index is 1.97. The molecule has 0 saturated carbocycles. The van der Waals surface area contributed by atoms with Crippen LogP contribution in [0.15, 0.2) is 53.7 Å². The summed E-state index contributed by atoms with van der Waals surface area (Å²) < 4.78 is 10.4. The molecule has 104 valence electrons. The molecule has 4 heteroatoms. The zero-order chi connectivity index (χ0) is 14.2. The Morgan fingerprint density at radius 2 is 1.80 bits per heavy atom. The van der Waals surface area contributed by atoms with Gasteiger partial charge in [-0.3, -0.25) is 0 Å². The number of rotatable bonds is 6. The van der Waals surface area contributed by atoms with Gasteiger partial charge in [0.05, 0.1) is 20.4 Å². The fourth-order valence-electron chi connectivity index (χ4n) is 1.71. The first-order chi connectivity index (χ1) is 9.83. The normalized spacial score (nSPS) is 10.5. The molecule has 0 bridgehead atoms. The Kier molecular flexibility index (Phi) is 5.00. The van der Waals surface area contributed by atoms with Gasteiger partial charge in [-0.2, -0.15) is 0 Å². The molecule has 0 atom stereocenters. The van der Waals surface area contributed by atoms with E-state index in [9.17, 15) is 0 Å². The van der Waals surface area contributed by atoms with E-state index in [1.165, 1.54) is 0 Å². The van der Waals surface area contributed by atoms with Crippen molar-refractivity contribution in [2.45, 2.75) is 6.61 Å². The molecule has 2 aromatic carbocycles. The van der Waals surface area contributed by atoms with Crippen molar-refractivity contribution in [3.8, 4) is 11.5 Å². The van der Waals surface area contributed by atoms with Crippen LogP contribution in [0.5, 0.6) is 11.5 Å². The summed E-state index contributed by atoms with van der Waals surface area (Å²) in [7, 11) is 3.22. The monoisotopic (exact) mass is 271 g/mol. The second-order valence-electron chi connectivity index (χ2n) is 4.10. The van der Waals surface area contributed by atoms with Crippen LogP contribution in [0.1, 0.15) is 11.1 Å². The second-order valence-corrected chi connectivity index (χ2v) is 4.10. The first kappa shape index (κ1) is 13.9. The SMILES string of the molecule is COc1ccc(/C=N/OCc2ccccc2)c(OC)c1. The van der Waals surface area contributed by atoms with Crippen LogP contribution in [0, 0.1) is 0 Å². The fourth-order valence-corrected chi connectivity index (χ4v) is 1.71. The van der Waals surface area contributed by atoms with Gasteiger partial charge in [0.1, 0.15) is 18.1 Å². The van der Waals surface area contributed by atoms with Crippen LogP contribution < -0.4 is 9.47 Å². The largest absolute Gasteiger partial charge is 0.497 e. The molecule has 2 aromatic rings. The smallest absolute Gasteiger partial charge is 0.142 e. The molecule has 20 heavy (non-hydrogen) atoms. The Labute approximate surface area is 118 Å². The van der Waals surface area contributed by atoms with Crippen molar-refractivity contribution in [1.29, 1.82) is 0 Å². The van der Waals surface area contributed by atoms with Crippen molar-refractivity contribution in [3.63, 3.8) is 0 Å². The maximum atomic E-state index is 5.28. The lowest BCUT2D eigenvalue weighted by Crippen LogP contribution is -1.93. The molecule has 0 fully saturated rings. The van der Waals surface area contributed by atoms with E-state index < -0.39 is 0 Å². The summed E-state index contributed by atoms with van der Waals surface area (Å²) in [6, 6.07) is 15.4. The molecule has 4 nitrogen and oxygen atoms in total. The van der Waals surface area contributed by atoms with Crippen molar-refractivity contribution >= 4 is 6.21 Å². The number of methoxy groups -OCH3 is 2. The minimum atomic E-state index is 0.440. The van der Waals surface area contributed by atoms with Crippen LogP contribution in [0.2, 0.25) is 0 Å². The van der Waals surface area contributed by atoms with E-state index in [1.54, 1.807) is 26.5 Å². The highest BCUT2D eigenvalue weighted by Crippen LogP contribution is 2.23. The molecule has 0 unspecified atom stereocenters. The lowest BCUT2D eigenvalue weighted by Gasteiger charge is -2.06. The Morgan fingerprint density at radius 1 is 1.00 bits per heavy atom. The summed E-state index contributed by atoms with van der Waals surface area (Å²) in [5.74, 6) is 1.43. The number of ether oxygens (including phenoxy) is 2. The summed E-state index contributed by atoms with van der Waals surface area (Å²) in [5, 5.41) is 3.96. The van der Waals surface area contributed by atoms with E-state index in [0.29, 0.717) is 12.4 Å². The molecule has 0 N–H and O–H groups in total. The summed E-state index contributed by atoms with van der Waals surface area (Å²) in [4.78, 5) is 5.26. The highest BCUT2D eigenvalue weighted by Gasteiger charge is 2.02. The third-order valence-corrected chi connectivity index (χ3v) is 2.78. The van der Waals surface area contributed by atoms with E-state index in [1.807, 2.05) is 42.5 Å². The van der Waals surface area contributed by atoms with Crippen LogP contribution in [0.3, 0.4) is 0 Å². The summed E-state index contributed by atoms with van der Waals surface area (Å²) >= 11 is 0. The van der Waals surface area contributed by atoms with E-state index in [0.717, 1.165) is 16.9 Å². The van der Waals surface area contributed by atoms with Gasteiger partial charge in [-0.25, -0.2) is 0 Å². The molecule has 2 rings (SSSR count). The van der Waals surface area contributed by atoms with Gasteiger partial charge in [-0.15, -0.1) is 0 Å². The average Bonchev–Trinajstić information content (AvgIpc) is 2.52. The first-order valence-electron chi connectivity index (χ1n) is 6.25. The van der Waals surface area contributed by atoms with Crippen LogP contribution >= 0.6 is 0 Å². The molecule has 0 spiro atoms. The van der Waals surface area contributed by atoms with Crippen molar-refractivity contribution in [2.24, 2.45) is 5.16 Å². The maximum absolute atomic E-state index is 5.28. The number of benzene rings is 2. The molecule has 0 heterocycles. The first-order valence-corrected chi connectivity index (χ1v) is 6.25. The molecular formula is C16H17NO3. The van der Waals surface area contributed by atoms with Crippen molar-refractivity contribution in [1.82, 2.24) is 0 Å². The molecule has 0 aliphatic carbocycles. The fraction of sp³-hybridized carbons (Fsp3) is 0.188. The number of nitrogens with zero attached hydrogens (tertiary/aromatic N) is 1. The number of hydrogen-bond acceptors (Lipinski definition) is 4. The van der Waals surface area contributed by atoms with E-state index in [-0.39, 0.29) is 0 Å². The van der Waals surface area contributed by atoms with Crippen molar-refractivity contribution < 1.29 is 14.3 Å². The minimum Gasteiger partial charge on any atom is -0.497 e. The van der Waals surface area contributed by atoms with E-state index >= 15 is 0 Å². The third-order valence-electron chi connectivity index (χ3n) is 2.78. The van der Waals surface area contributed by atoms with Gasteiger partial charge in [0.25, 0.3) is 0 Å². The maximum Gasteiger partial charge on any atom is 0.142 e. The van der Waals surface area contributed by atoms with Gasteiger partial charge in [0.15, 0.2) is 0 Å². The Hall–Kier alpha value is -2.49. The van der Waals surface area contributed by atoms with Crippen LogP contribution in [-0.4, -0.2) is 20.4 Å². The number of oxime groups is 1. The summed E-state index contributed by atoms with van der Waals surface area (Å²) in [5.41, 5.74) is 1.91. The second kappa shape index (κ2) is 7.19. The van der Waals surface area contributed by atoms with Gasteiger partial charge in [0, 0.05) is 11.6 Å². The lowest BCUT2D eigenvalue weighted by atomic mass is 10.2. The van der Waals surface area contributed by atoms with Crippen LogP contribution in [-0.2, 0) is 11.4 Å². The Bertz CT molecular complexity index is 567. The van der Waals surface area contributed by atoms with Gasteiger partial charge in [0.2, 0.25) is 0 Å². The molecule has 0 amide bonds. The predicted molar refractivity (Wildman–Crippen MR) is 78.4 cm³/mol. The zero-order valence-corrected chi connectivity index (χ0v) is 11.6. The topological polar surface area (TPSA) is 40.0 Å². The van der Waals surface area contributed by atoms with Crippen LogP contribution in [0.25, 0.3) is 0 Å². The lowest BCUT2D eigenvalue weighted by molar-refractivity contribution is 0.132. The average molecular weight is 271 g/mol. The molecule has 0 saturated heterocycles. The molecule has 0 aliphatic heterocycles. The minimum absolute atomic E-state index is 0.440. The predicted octanol–water partition coefficient (Wildman–Crippen LogP) is 3.25. The van der Waals surface area contributed by atoms with Gasteiger partial charge >= 0.3 is 0 Å². The third kappa shape index (κ3) is 3.75. The van der Waals surface area contributed by atoms with Gasteiger partial charge < -0.3 is 14.3 Å². The highest BCUT2D eigenvalue weighted by atomic mass is 16.6. The Morgan fingerprint density at radius 3 is 2.50 bits per heavy atom. The molecule has 0 aliphatic rings. The summed E-state index contributed by atoms with van der Waals surface area (Å²) in [6.07, 6.45) is 1.63. The standard InChI is InChI=1S/C16H17NO3/c1-18-15-9-8-14(16(10-15)19-2)11-17-20-12-13-6-4-3-5-7-13/h3-11H,12H2,1-2H3/b17-11+. The van der Waals surface area contributed by atoms with Crippen LogP contribution in [0.4, 0.5) is 0 Å². The highest BCUT2D eigenvalue weighted by molar-refractivity contribution is 5.83. The van der Waals surface area contributed by atoms with Gasteiger partial charge in [-0.05, 0) is 17.7 Å². The van der Waals surface area contributed by atoms with E-state index in [4.69, 9.17) is 14.3 Å².